The number of thiophene rings is 1. The van der Waals surface area contributed by atoms with Gasteiger partial charge in [-0.05, 0) is 48.1 Å². The maximum absolute atomic E-state index is 2.50. The lowest BCUT2D eigenvalue weighted by molar-refractivity contribution is 0.602. The monoisotopic (exact) mass is 206 g/mol. The van der Waals surface area contributed by atoms with Gasteiger partial charge < -0.3 is 0 Å². The summed E-state index contributed by atoms with van der Waals surface area (Å²) in [4.78, 5) is 3.34. The largest absolute Gasteiger partial charge is 0.144 e. The highest BCUT2D eigenvalue weighted by atomic mass is 32.1. The first-order valence-corrected chi connectivity index (χ1v) is 6.51. The highest BCUT2D eigenvalue weighted by Gasteiger charge is 2.39. The summed E-state index contributed by atoms with van der Waals surface area (Å²) in [5.74, 6) is 1.87. The van der Waals surface area contributed by atoms with Crippen molar-refractivity contribution in [2.24, 2.45) is 0 Å². The van der Waals surface area contributed by atoms with E-state index in [4.69, 9.17) is 0 Å². The Morgan fingerprint density at radius 1 is 1.21 bits per heavy atom. The minimum atomic E-state index is 0.356. The summed E-state index contributed by atoms with van der Waals surface area (Å²) < 4.78 is 0. The molecule has 1 aromatic rings. The Balaban J connectivity index is 2.07. The van der Waals surface area contributed by atoms with Crippen LogP contribution in [-0.2, 0) is 5.41 Å². The summed E-state index contributed by atoms with van der Waals surface area (Å²) in [6, 6.07) is 2.50. The van der Waals surface area contributed by atoms with E-state index >= 15 is 0 Å². The molecule has 0 nitrogen and oxygen atoms in total. The van der Waals surface area contributed by atoms with Crippen molar-refractivity contribution in [2.75, 3.05) is 0 Å². The topological polar surface area (TPSA) is 0 Å². The molecule has 1 saturated carbocycles. The quantitative estimate of drug-likeness (QED) is 0.590. The SMILES string of the molecule is CC(C)(C)c1cc2c(s1)C1CCC2C1. The molecular formula is C13H18S. The van der Waals surface area contributed by atoms with Gasteiger partial charge in [-0.25, -0.2) is 0 Å². The van der Waals surface area contributed by atoms with Crippen LogP contribution in [0.15, 0.2) is 6.07 Å². The maximum atomic E-state index is 2.50. The summed E-state index contributed by atoms with van der Waals surface area (Å²) in [7, 11) is 0. The smallest absolute Gasteiger partial charge is 0.0114 e. The lowest BCUT2D eigenvalue weighted by Crippen LogP contribution is -2.08. The lowest BCUT2D eigenvalue weighted by atomic mass is 9.92. The van der Waals surface area contributed by atoms with Crippen LogP contribution >= 0.6 is 11.3 Å². The predicted octanol–water partition coefficient (Wildman–Crippen LogP) is 4.41. The highest BCUT2D eigenvalue weighted by molar-refractivity contribution is 7.12. The van der Waals surface area contributed by atoms with E-state index < -0.39 is 0 Å². The van der Waals surface area contributed by atoms with Crippen molar-refractivity contribution in [3.05, 3.63) is 21.4 Å². The average molecular weight is 206 g/mol. The van der Waals surface area contributed by atoms with Crippen LogP contribution in [0.25, 0.3) is 0 Å². The van der Waals surface area contributed by atoms with Gasteiger partial charge in [-0.3, -0.25) is 0 Å². The third-order valence-corrected chi connectivity index (χ3v) is 5.51. The summed E-state index contributed by atoms with van der Waals surface area (Å²) >= 11 is 2.09. The first kappa shape index (κ1) is 8.96. The highest BCUT2D eigenvalue weighted by Crippen LogP contribution is 2.56. The Morgan fingerprint density at radius 3 is 2.57 bits per heavy atom. The van der Waals surface area contributed by atoms with Crippen molar-refractivity contribution >= 4 is 11.3 Å². The second-order valence-electron chi connectivity index (χ2n) is 5.89. The van der Waals surface area contributed by atoms with E-state index in [1.807, 2.05) is 0 Å². The van der Waals surface area contributed by atoms with Crippen molar-refractivity contribution in [3.63, 3.8) is 0 Å². The van der Waals surface area contributed by atoms with Gasteiger partial charge in [0.2, 0.25) is 0 Å². The van der Waals surface area contributed by atoms with Crippen molar-refractivity contribution in [3.8, 4) is 0 Å². The van der Waals surface area contributed by atoms with Gasteiger partial charge in [0, 0.05) is 9.75 Å². The van der Waals surface area contributed by atoms with E-state index in [0.29, 0.717) is 5.41 Å². The van der Waals surface area contributed by atoms with Crippen LogP contribution in [0.2, 0.25) is 0 Å². The van der Waals surface area contributed by atoms with E-state index in [1.165, 1.54) is 19.3 Å². The fourth-order valence-electron chi connectivity index (χ4n) is 2.93. The fourth-order valence-corrected chi connectivity index (χ4v) is 4.38. The molecule has 3 rings (SSSR count). The molecule has 14 heavy (non-hydrogen) atoms. The van der Waals surface area contributed by atoms with E-state index in [1.54, 1.807) is 15.3 Å². The van der Waals surface area contributed by atoms with Crippen LogP contribution < -0.4 is 0 Å². The van der Waals surface area contributed by atoms with Crippen LogP contribution in [0.3, 0.4) is 0 Å². The molecule has 0 spiro atoms. The van der Waals surface area contributed by atoms with Crippen molar-refractivity contribution in [2.45, 2.75) is 57.3 Å². The van der Waals surface area contributed by atoms with Gasteiger partial charge in [-0.15, -0.1) is 11.3 Å². The second kappa shape index (κ2) is 2.63. The zero-order chi connectivity index (χ0) is 9.92. The zero-order valence-corrected chi connectivity index (χ0v) is 10.1. The van der Waals surface area contributed by atoms with Crippen LogP contribution in [0.1, 0.15) is 67.2 Å². The molecule has 0 amide bonds. The fraction of sp³-hybridized carbons (Fsp3) is 0.692. The molecule has 2 aliphatic carbocycles. The standard InChI is InChI=1S/C13H18S/c1-13(2,3)11-7-10-8-4-5-9(6-8)12(10)14-11/h7-9H,4-6H2,1-3H3. The van der Waals surface area contributed by atoms with Crippen molar-refractivity contribution in [1.29, 1.82) is 0 Å². The third kappa shape index (κ3) is 1.11. The summed E-state index contributed by atoms with van der Waals surface area (Å²) in [5, 5.41) is 0. The van der Waals surface area contributed by atoms with Gasteiger partial charge in [0.1, 0.15) is 0 Å². The molecule has 0 radical (unpaired) electrons. The third-order valence-electron chi connectivity index (χ3n) is 3.77. The van der Waals surface area contributed by atoms with Crippen LogP contribution in [0, 0.1) is 0 Å². The van der Waals surface area contributed by atoms with Crippen molar-refractivity contribution < 1.29 is 0 Å². The number of hydrogen-bond acceptors (Lipinski definition) is 1. The molecule has 2 bridgehead atoms. The molecule has 1 heteroatoms. The van der Waals surface area contributed by atoms with Crippen molar-refractivity contribution in [1.82, 2.24) is 0 Å². The van der Waals surface area contributed by atoms with E-state index in [9.17, 15) is 0 Å². The van der Waals surface area contributed by atoms with E-state index in [0.717, 1.165) is 11.8 Å². The maximum Gasteiger partial charge on any atom is 0.0114 e. The average Bonchev–Trinajstić information content (AvgIpc) is 2.74. The number of fused-ring (bicyclic) bond motifs is 5. The Kier molecular flexibility index (Phi) is 1.69. The van der Waals surface area contributed by atoms with Crippen LogP contribution in [-0.4, -0.2) is 0 Å². The molecule has 1 fully saturated rings. The molecule has 0 N–H and O–H groups in total. The van der Waals surface area contributed by atoms with Gasteiger partial charge in [0.05, 0.1) is 0 Å². The molecule has 0 aromatic carbocycles. The summed E-state index contributed by atoms with van der Waals surface area (Å²) in [6.07, 6.45) is 4.38. The van der Waals surface area contributed by atoms with Crippen LogP contribution in [0.5, 0.6) is 0 Å². The predicted molar refractivity (Wildman–Crippen MR) is 62.4 cm³/mol. The molecule has 2 unspecified atom stereocenters. The van der Waals surface area contributed by atoms with Gasteiger partial charge in [-0.1, -0.05) is 20.8 Å². The van der Waals surface area contributed by atoms with Gasteiger partial charge >= 0.3 is 0 Å². The molecule has 0 aliphatic heterocycles. The second-order valence-corrected chi connectivity index (χ2v) is 6.97. The molecule has 76 valence electrons. The molecule has 1 heterocycles. The Labute approximate surface area is 90.3 Å². The summed E-state index contributed by atoms with van der Waals surface area (Å²) in [6.45, 7) is 6.99. The Hall–Kier alpha value is -0.300. The first-order valence-electron chi connectivity index (χ1n) is 5.70. The van der Waals surface area contributed by atoms with Gasteiger partial charge in [-0.2, -0.15) is 0 Å². The first-order chi connectivity index (χ1) is 6.55. The molecular weight excluding hydrogens is 188 g/mol. The van der Waals surface area contributed by atoms with E-state index in [2.05, 4.69) is 38.2 Å². The van der Waals surface area contributed by atoms with Crippen LogP contribution in [0.4, 0.5) is 0 Å². The zero-order valence-electron chi connectivity index (χ0n) is 9.26. The van der Waals surface area contributed by atoms with Gasteiger partial charge in [0.25, 0.3) is 0 Å². The van der Waals surface area contributed by atoms with E-state index in [-0.39, 0.29) is 0 Å². The number of hydrogen-bond donors (Lipinski definition) is 0. The molecule has 1 aromatic heterocycles. The molecule has 2 atom stereocenters. The Bertz CT molecular complexity index is 340. The minimum absolute atomic E-state index is 0.356. The summed E-state index contributed by atoms with van der Waals surface area (Å²) in [5.41, 5.74) is 2.07. The normalized spacial score (nSPS) is 29.6. The molecule has 0 saturated heterocycles. The minimum Gasteiger partial charge on any atom is -0.144 e. The number of rotatable bonds is 0. The molecule has 2 aliphatic rings. The lowest BCUT2D eigenvalue weighted by Gasteiger charge is -2.15. The van der Waals surface area contributed by atoms with Gasteiger partial charge in [0.15, 0.2) is 0 Å². The Morgan fingerprint density at radius 2 is 1.93 bits per heavy atom.